The highest BCUT2D eigenvalue weighted by Gasteiger charge is 2.22. The number of likely N-dealkylation sites (tertiary alicyclic amines) is 1. The zero-order valence-corrected chi connectivity index (χ0v) is 15.2. The average molecular weight is 373 g/mol. The molecule has 1 unspecified atom stereocenters. The maximum atomic E-state index is 13.3. The van der Waals surface area contributed by atoms with Crippen molar-refractivity contribution in [1.29, 1.82) is 0 Å². The Kier molecular flexibility index (Phi) is 6.53. The summed E-state index contributed by atoms with van der Waals surface area (Å²) in [6.45, 7) is 2.18. The number of nitrogens with one attached hydrogen (secondary N) is 1. The van der Waals surface area contributed by atoms with Crippen molar-refractivity contribution in [2.24, 2.45) is 5.73 Å². The van der Waals surface area contributed by atoms with Crippen molar-refractivity contribution in [2.45, 2.75) is 37.9 Å². The number of nitrogens with zero attached hydrogens (tertiary/aromatic N) is 1. The van der Waals surface area contributed by atoms with E-state index in [1.165, 1.54) is 6.07 Å². The highest BCUT2D eigenvalue weighted by molar-refractivity contribution is 5.77. The first-order chi connectivity index (χ1) is 13.0. The van der Waals surface area contributed by atoms with E-state index in [0.717, 1.165) is 43.1 Å². The van der Waals surface area contributed by atoms with Gasteiger partial charge < -0.3 is 11.1 Å². The highest BCUT2D eigenvalue weighted by atomic mass is 19.2. The fourth-order valence-corrected chi connectivity index (χ4v) is 3.44. The molecule has 0 saturated carbocycles. The molecule has 27 heavy (non-hydrogen) atoms. The van der Waals surface area contributed by atoms with Crippen molar-refractivity contribution >= 4 is 5.91 Å². The zero-order valence-electron chi connectivity index (χ0n) is 15.2. The third kappa shape index (κ3) is 5.58. The molecule has 144 valence electrons. The molecule has 1 fully saturated rings. The highest BCUT2D eigenvalue weighted by Crippen LogP contribution is 2.17. The van der Waals surface area contributed by atoms with Gasteiger partial charge in [0.15, 0.2) is 11.6 Å². The summed E-state index contributed by atoms with van der Waals surface area (Å²) in [6, 6.07) is 13.4. The van der Waals surface area contributed by atoms with E-state index < -0.39 is 11.6 Å². The van der Waals surface area contributed by atoms with Gasteiger partial charge in [0.2, 0.25) is 5.91 Å². The second-order valence-corrected chi connectivity index (χ2v) is 7.09. The molecule has 1 aliphatic heterocycles. The van der Waals surface area contributed by atoms with E-state index in [-0.39, 0.29) is 24.4 Å². The number of benzene rings is 2. The van der Waals surface area contributed by atoms with Gasteiger partial charge in [0.05, 0.1) is 0 Å². The Hall–Kier alpha value is -2.31. The predicted octanol–water partition coefficient (Wildman–Crippen LogP) is 3.14. The molecule has 0 aliphatic carbocycles. The smallest absolute Gasteiger partial charge is 0.222 e. The second-order valence-electron chi connectivity index (χ2n) is 7.09. The van der Waals surface area contributed by atoms with Crippen LogP contribution in [-0.4, -0.2) is 29.9 Å². The van der Waals surface area contributed by atoms with E-state index in [1.54, 1.807) is 6.07 Å². The normalized spacial score (nSPS) is 16.9. The van der Waals surface area contributed by atoms with Crippen LogP contribution in [0.15, 0.2) is 48.5 Å². The average Bonchev–Trinajstić information content (AvgIpc) is 2.67. The minimum Gasteiger partial charge on any atom is -0.353 e. The summed E-state index contributed by atoms with van der Waals surface area (Å²) >= 11 is 0. The number of carbonyl (C=O) groups excluding carboxylic acids is 1. The van der Waals surface area contributed by atoms with Crippen LogP contribution in [0.1, 0.15) is 36.4 Å². The van der Waals surface area contributed by atoms with E-state index in [9.17, 15) is 13.6 Å². The third-order valence-corrected chi connectivity index (χ3v) is 4.98. The van der Waals surface area contributed by atoms with E-state index in [1.807, 2.05) is 30.3 Å². The maximum absolute atomic E-state index is 13.3. The van der Waals surface area contributed by atoms with Crippen molar-refractivity contribution in [2.75, 3.05) is 13.1 Å². The van der Waals surface area contributed by atoms with Gasteiger partial charge in [-0.1, -0.05) is 36.4 Å². The van der Waals surface area contributed by atoms with Crippen LogP contribution in [-0.2, 0) is 11.3 Å². The second kappa shape index (κ2) is 9.06. The van der Waals surface area contributed by atoms with Gasteiger partial charge in [-0.2, -0.15) is 0 Å². The Bertz CT molecular complexity index is 761. The number of nitrogens with two attached hydrogens (primary N) is 1. The van der Waals surface area contributed by atoms with Gasteiger partial charge >= 0.3 is 0 Å². The first-order valence-electron chi connectivity index (χ1n) is 9.27. The van der Waals surface area contributed by atoms with Crippen LogP contribution in [0.2, 0.25) is 0 Å². The quantitative estimate of drug-likeness (QED) is 0.818. The molecule has 6 heteroatoms. The minimum atomic E-state index is -0.825. The Morgan fingerprint density at radius 2 is 1.81 bits per heavy atom. The van der Waals surface area contributed by atoms with Gasteiger partial charge in [0, 0.05) is 38.1 Å². The monoisotopic (exact) mass is 373 g/mol. The van der Waals surface area contributed by atoms with Gasteiger partial charge in [0.25, 0.3) is 0 Å². The molecular formula is C21H25F2N3O. The van der Waals surface area contributed by atoms with Gasteiger partial charge in [0.1, 0.15) is 0 Å². The number of piperidine rings is 1. The van der Waals surface area contributed by atoms with Crippen LogP contribution in [0.3, 0.4) is 0 Å². The summed E-state index contributed by atoms with van der Waals surface area (Å²) < 4.78 is 26.3. The number of amides is 1. The molecule has 2 aromatic rings. The summed E-state index contributed by atoms with van der Waals surface area (Å²) in [5, 5.41) is 3.07. The zero-order chi connectivity index (χ0) is 19.2. The number of hydrogen-bond donors (Lipinski definition) is 2. The maximum Gasteiger partial charge on any atom is 0.222 e. The predicted molar refractivity (Wildman–Crippen MR) is 101 cm³/mol. The molecule has 2 aromatic carbocycles. The lowest BCUT2D eigenvalue weighted by molar-refractivity contribution is -0.122. The Balaban J connectivity index is 1.42. The largest absolute Gasteiger partial charge is 0.353 e. The van der Waals surface area contributed by atoms with Gasteiger partial charge in [-0.25, -0.2) is 8.78 Å². The first-order valence-corrected chi connectivity index (χ1v) is 9.27. The standard InChI is InChI=1S/C21H25F2N3O/c22-18-7-6-15(12-19(18)23)14-26-10-8-17(9-11-26)25-21(27)13-20(24)16-4-2-1-3-5-16/h1-7,12,17,20H,8-11,13-14,24H2,(H,25,27). The molecule has 1 amide bonds. The summed E-state index contributed by atoms with van der Waals surface area (Å²) in [4.78, 5) is 14.4. The Labute approximate surface area is 158 Å². The molecule has 1 heterocycles. The van der Waals surface area contributed by atoms with E-state index >= 15 is 0 Å². The Morgan fingerprint density at radius 3 is 2.48 bits per heavy atom. The van der Waals surface area contributed by atoms with Crippen LogP contribution < -0.4 is 11.1 Å². The van der Waals surface area contributed by atoms with Gasteiger partial charge in [-0.05, 0) is 36.1 Å². The van der Waals surface area contributed by atoms with Crippen molar-refractivity contribution < 1.29 is 13.6 Å². The lowest BCUT2D eigenvalue weighted by atomic mass is 10.0. The molecule has 0 aromatic heterocycles. The molecule has 0 bridgehead atoms. The van der Waals surface area contributed by atoms with E-state index in [2.05, 4.69) is 10.2 Å². The lowest BCUT2D eigenvalue weighted by Gasteiger charge is -2.32. The van der Waals surface area contributed by atoms with E-state index in [4.69, 9.17) is 5.73 Å². The molecule has 3 N–H and O–H groups in total. The van der Waals surface area contributed by atoms with Crippen LogP contribution in [0, 0.1) is 11.6 Å². The summed E-state index contributed by atoms with van der Waals surface area (Å²) in [5.74, 6) is -1.68. The van der Waals surface area contributed by atoms with Crippen LogP contribution in [0.4, 0.5) is 8.78 Å². The summed E-state index contributed by atoms with van der Waals surface area (Å²) in [6.07, 6.45) is 1.92. The van der Waals surface area contributed by atoms with E-state index in [0.29, 0.717) is 6.54 Å². The molecule has 4 nitrogen and oxygen atoms in total. The Morgan fingerprint density at radius 1 is 1.11 bits per heavy atom. The first kappa shape index (κ1) is 19.5. The molecular weight excluding hydrogens is 348 g/mol. The SMILES string of the molecule is NC(CC(=O)NC1CCN(Cc2ccc(F)c(F)c2)CC1)c1ccccc1. The number of rotatable bonds is 6. The summed E-state index contributed by atoms with van der Waals surface area (Å²) in [7, 11) is 0. The molecule has 1 atom stereocenters. The topological polar surface area (TPSA) is 58.4 Å². The molecule has 1 saturated heterocycles. The number of carbonyl (C=O) groups is 1. The van der Waals surface area contributed by atoms with Gasteiger partial charge in [-0.15, -0.1) is 0 Å². The number of hydrogen-bond acceptors (Lipinski definition) is 3. The molecule has 3 rings (SSSR count). The third-order valence-electron chi connectivity index (χ3n) is 4.98. The van der Waals surface area contributed by atoms with Crippen LogP contribution in [0.5, 0.6) is 0 Å². The molecule has 0 radical (unpaired) electrons. The van der Waals surface area contributed by atoms with Crippen molar-refractivity contribution in [1.82, 2.24) is 10.2 Å². The van der Waals surface area contributed by atoms with Crippen molar-refractivity contribution in [3.63, 3.8) is 0 Å². The summed E-state index contributed by atoms with van der Waals surface area (Å²) in [5.41, 5.74) is 7.81. The molecule has 1 aliphatic rings. The van der Waals surface area contributed by atoms with Gasteiger partial charge in [-0.3, -0.25) is 9.69 Å². The number of halogens is 2. The fraction of sp³-hybridized carbons (Fsp3) is 0.381. The molecule has 0 spiro atoms. The van der Waals surface area contributed by atoms with Crippen molar-refractivity contribution in [3.8, 4) is 0 Å². The lowest BCUT2D eigenvalue weighted by Crippen LogP contribution is -2.44. The van der Waals surface area contributed by atoms with Crippen molar-refractivity contribution in [3.05, 3.63) is 71.3 Å². The minimum absolute atomic E-state index is 0.0367. The van der Waals surface area contributed by atoms with Crippen LogP contribution >= 0.6 is 0 Å². The fourth-order valence-electron chi connectivity index (χ4n) is 3.44. The van der Waals surface area contributed by atoms with Crippen LogP contribution in [0.25, 0.3) is 0 Å².